The van der Waals surface area contributed by atoms with Crippen molar-refractivity contribution in [2.24, 2.45) is 0 Å². The van der Waals surface area contributed by atoms with Gasteiger partial charge in [0.2, 0.25) is 11.1 Å². The molecular formula is C21H16FN5O2S. The first-order chi connectivity index (χ1) is 14.7. The van der Waals surface area contributed by atoms with Crippen LogP contribution in [0.2, 0.25) is 0 Å². The summed E-state index contributed by atoms with van der Waals surface area (Å²) in [6.07, 6.45) is 0. The number of thioether (sulfide) groups is 1. The van der Waals surface area contributed by atoms with Gasteiger partial charge in [0.05, 0.1) is 17.1 Å². The van der Waals surface area contributed by atoms with E-state index < -0.39 is 5.82 Å². The van der Waals surface area contributed by atoms with Crippen LogP contribution in [-0.2, 0) is 4.79 Å². The zero-order chi connectivity index (χ0) is 20.8. The number of rotatable bonds is 7. The molecule has 0 bridgehead atoms. The number of hydrogen-bond acceptors (Lipinski definition) is 6. The molecule has 0 fully saturated rings. The third-order valence-corrected chi connectivity index (χ3v) is 4.88. The minimum atomic E-state index is -0.397. The molecule has 9 heteroatoms. The van der Waals surface area contributed by atoms with E-state index in [4.69, 9.17) is 4.74 Å². The molecule has 0 atom stereocenters. The number of aromatic nitrogens is 4. The number of tetrazole rings is 1. The molecule has 0 aliphatic heterocycles. The van der Waals surface area contributed by atoms with Gasteiger partial charge in [-0.1, -0.05) is 48.2 Å². The van der Waals surface area contributed by atoms with E-state index in [2.05, 4.69) is 20.8 Å². The number of halogens is 1. The van der Waals surface area contributed by atoms with Crippen molar-refractivity contribution in [1.29, 1.82) is 0 Å². The van der Waals surface area contributed by atoms with Crippen molar-refractivity contribution < 1.29 is 13.9 Å². The van der Waals surface area contributed by atoms with Gasteiger partial charge < -0.3 is 10.1 Å². The fourth-order valence-corrected chi connectivity index (χ4v) is 3.32. The van der Waals surface area contributed by atoms with Crippen LogP contribution in [0.5, 0.6) is 11.5 Å². The van der Waals surface area contributed by atoms with Gasteiger partial charge in [0.1, 0.15) is 11.6 Å². The Morgan fingerprint density at radius 1 is 1.03 bits per heavy atom. The van der Waals surface area contributed by atoms with Crippen molar-refractivity contribution in [3.05, 3.63) is 84.7 Å². The maximum Gasteiger partial charge on any atom is 0.234 e. The Morgan fingerprint density at radius 2 is 1.83 bits per heavy atom. The molecule has 30 heavy (non-hydrogen) atoms. The molecule has 7 nitrogen and oxygen atoms in total. The van der Waals surface area contributed by atoms with Crippen LogP contribution in [0.25, 0.3) is 5.69 Å². The monoisotopic (exact) mass is 421 g/mol. The Labute approximate surface area is 175 Å². The predicted molar refractivity (Wildman–Crippen MR) is 111 cm³/mol. The van der Waals surface area contributed by atoms with Crippen LogP contribution in [0.3, 0.4) is 0 Å². The van der Waals surface area contributed by atoms with Crippen molar-refractivity contribution in [3.8, 4) is 17.2 Å². The highest BCUT2D eigenvalue weighted by molar-refractivity contribution is 7.99. The lowest BCUT2D eigenvalue weighted by molar-refractivity contribution is -0.113. The highest BCUT2D eigenvalue weighted by Gasteiger charge is 2.14. The minimum Gasteiger partial charge on any atom is -0.455 e. The molecule has 0 spiro atoms. The topological polar surface area (TPSA) is 81.9 Å². The van der Waals surface area contributed by atoms with Gasteiger partial charge in [-0.15, -0.1) is 5.10 Å². The summed E-state index contributed by atoms with van der Waals surface area (Å²) in [5.74, 6) is 0.620. The first kappa shape index (κ1) is 19.6. The number of para-hydroxylation sites is 3. The zero-order valence-corrected chi connectivity index (χ0v) is 16.4. The number of benzene rings is 3. The maximum atomic E-state index is 13.5. The molecule has 0 saturated heterocycles. The van der Waals surface area contributed by atoms with Crippen molar-refractivity contribution in [3.63, 3.8) is 0 Å². The number of amides is 1. The molecule has 0 saturated carbocycles. The molecule has 0 aliphatic carbocycles. The fourth-order valence-electron chi connectivity index (χ4n) is 2.63. The van der Waals surface area contributed by atoms with Gasteiger partial charge in [-0.05, 0) is 52.9 Å². The number of ether oxygens (including phenoxy) is 1. The average molecular weight is 421 g/mol. The molecule has 1 N–H and O–H groups in total. The van der Waals surface area contributed by atoms with E-state index in [0.29, 0.717) is 28.0 Å². The smallest absolute Gasteiger partial charge is 0.234 e. The Kier molecular flexibility index (Phi) is 6.00. The fraction of sp³-hybridized carbons (Fsp3) is 0.0476. The van der Waals surface area contributed by atoms with Crippen LogP contribution in [0.1, 0.15) is 0 Å². The molecule has 1 heterocycles. The third kappa shape index (κ3) is 4.81. The molecule has 0 radical (unpaired) electrons. The van der Waals surface area contributed by atoms with E-state index in [9.17, 15) is 9.18 Å². The Hall–Kier alpha value is -3.72. The molecule has 4 aromatic rings. The molecular weight excluding hydrogens is 405 g/mol. The van der Waals surface area contributed by atoms with Gasteiger partial charge >= 0.3 is 0 Å². The number of anilines is 1. The van der Waals surface area contributed by atoms with E-state index in [-0.39, 0.29) is 11.7 Å². The SMILES string of the molecule is O=C(CSc1nnnn1-c1cccc(F)c1)Nc1ccccc1Oc1ccccc1. The lowest BCUT2D eigenvalue weighted by Crippen LogP contribution is -2.15. The minimum absolute atomic E-state index is 0.0648. The number of nitrogens with zero attached hydrogens (tertiary/aromatic N) is 4. The average Bonchev–Trinajstić information content (AvgIpc) is 3.23. The Balaban J connectivity index is 1.42. The second-order valence-corrected chi connectivity index (χ2v) is 7.04. The van der Waals surface area contributed by atoms with Crippen molar-refractivity contribution >= 4 is 23.4 Å². The molecule has 1 amide bonds. The first-order valence-electron chi connectivity index (χ1n) is 8.98. The van der Waals surface area contributed by atoms with Crippen LogP contribution in [0, 0.1) is 5.82 Å². The van der Waals surface area contributed by atoms with Crippen LogP contribution in [0.4, 0.5) is 10.1 Å². The zero-order valence-electron chi connectivity index (χ0n) is 15.6. The normalized spacial score (nSPS) is 10.6. The number of carbonyl (C=O) groups excluding carboxylic acids is 1. The second kappa shape index (κ2) is 9.19. The maximum absolute atomic E-state index is 13.5. The summed E-state index contributed by atoms with van der Waals surface area (Å²) < 4.78 is 20.7. The van der Waals surface area contributed by atoms with Gasteiger partial charge in [-0.2, -0.15) is 4.68 Å². The highest BCUT2D eigenvalue weighted by Crippen LogP contribution is 2.29. The Bertz CT molecular complexity index is 1150. The number of nitrogens with one attached hydrogen (secondary N) is 1. The van der Waals surface area contributed by atoms with Gasteiger partial charge in [-0.25, -0.2) is 4.39 Å². The summed E-state index contributed by atoms with van der Waals surface area (Å²) in [6, 6.07) is 22.4. The van der Waals surface area contributed by atoms with Crippen molar-refractivity contribution in [2.45, 2.75) is 5.16 Å². The van der Waals surface area contributed by atoms with Gasteiger partial charge in [0.15, 0.2) is 5.75 Å². The third-order valence-electron chi connectivity index (χ3n) is 3.96. The lowest BCUT2D eigenvalue weighted by Gasteiger charge is -2.12. The van der Waals surface area contributed by atoms with E-state index >= 15 is 0 Å². The number of carbonyl (C=O) groups is 1. The Morgan fingerprint density at radius 3 is 2.67 bits per heavy atom. The summed E-state index contributed by atoms with van der Waals surface area (Å²) in [7, 11) is 0. The molecule has 4 rings (SSSR count). The second-order valence-electron chi connectivity index (χ2n) is 6.10. The lowest BCUT2D eigenvalue weighted by atomic mass is 10.3. The highest BCUT2D eigenvalue weighted by atomic mass is 32.2. The summed E-state index contributed by atoms with van der Waals surface area (Å²) in [5, 5.41) is 14.6. The van der Waals surface area contributed by atoms with Gasteiger partial charge in [0, 0.05) is 0 Å². The first-order valence-corrected chi connectivity index (χ1v) is 9.96. The summed E-state index contributed by atoms with van der Waals surface area (Å²) in [5.41, 5.74) is 1.03. The van der Waals surface area contributed by atoms with Crippen LogP contribution in [-0.4, -0.2) is 31.9 Å². The molecule has 1 aromatic heterocycles. The number of hydrogen-bond donors (Lipinski definition) is 1. The van der Waals surface area contributed by atoms with Crippen molar-refractivity contribution in [1.82, 2.24) is 20.2 Å². The van der Waals surface area contributed by atoms with Crippen molar-refractivity contribution in [2.75, 3.05) is 11.1 Å². The van der Waals surface area contributed by atoms with E-state index in [1.807, 2.05) is 42.5 Å². The van der Waals surface area contributed by atoms with Crippen LogP contribution < -0.4 is 10.1 Å². The molecule has 150 valence electrons. The van der Waals surface area contributed by atoms with E-state index in [1.54, 1.807) is 24.3 Å². The largest absolute Gasteiger partial charge is 0.455 e. The summed E-state index contributed by atoms with van der Waals surface area (Å²) in [4.78, 5) is 12.5. The molecule has 3 aromatic carbocycles. The van der Waals surface area contributed by atoms with Crippen LogP contribution >= 0.6 is 11.8 Å². The van der Waals surface area contributed by atoms with Gasteiger partial charge in [0.25, 0.3) is 0 Å². The van der Waals surface area contributed by atoms with E-state index in [1.165, 1.54) is 16.8 Å². The van der Waals surface area contributed by atoms with Crippen LogP contribution in [0.15, 0.2) is 84.0 Å². The predicted octanol–water partition coefficient (Wildman–Crippen LogP) is 4.32. The quantitative estimate of drug-likeness (QED) is 0.448. The van der Waals surface area contributed by atoms with Gasteiger partial charge in [-0.3, -0.25) is 4.79 Å². The van der Waals surface area contributed by atoms with E-state index in [0.717, 1.165) is 11.8 Å². The summed E-state index contributed by atoms with van der Waals surface area (Å²) >= 11 is 1.14. The molecule has 0 unspecified atom stereocenters. The molecule has 0 aliphatic rings. The summed E-state index contributed by atoms with van der Waals surface area (Å²) in [6.45, 7) is 0. The standard InChI is InChI=1S/C21H16FN5O2S/c22-15-7-6-8-16(13-15)27-21(24-25-26-27)30-14-20(28)23-18-11-4-5-12-19(18)29-17-9-2-1-3-10-17/h1-13H,14H2,(H,23,28).